The second-order valence-corrected chi connectivity index (χ2v) is 38.1. The van der Waals surface area contributed by atoms with E-state index in [1.807, 2.05) is 76.3 Å². The Morgan fingerprint density at radius 2 is 0.584 bits per heavy atom. The van der Waals surface area contributed by atoms with Crippen molar-refractivity contribution in [3.8, 4) is 19.5 Å². The average Bonchev–Trinajstić information content (AvgIpc) is 1.56. The van der Waals surface area contributed by atoms with Gasteiger partial charge in [0.2, 0.25) is 0 Å². The van der Waals surface area contributed by atoms with E-state index in [4.69, 9.17) is 0 Å². The van der Waals surface area contributed by atoms with E-state index in [0.29, 0.717) is 72.1 Å². The first-order valence-electron chi connectivity index (χ1n) is 38.8. The van der Waals surface area contributed by atoms with Crippen molar-refractivity contribution < 1.29 is 19.2 Å². The molecule has 0 radical (unpaired) electrons. The maximum atomic E-state index is 15.5. The molecular formula is C84H104N4O4S9. The van der Waals surface area contributed by atoms with E-state index in [2.05, 4.69) is 129 Å². The summed E-state index contributed by atoms with van der Waals surface area (Å²) in [6, 6.07) is 17.4. The van der Waals surface area contributed by atoms with Crippen LogP contribution in [0.15, 0.2) is 81.6 Å². The summed E-state index contributed by atoms with van der Waals surface area (Å²) >= 11 is 16.8. The van der Waals surface area contributed by atoms with Crippen LogP contribution in [0.1, 0.15) is 254 Å². The lowest BCUT2D eigenvalue weighted by Gasteiger charge is -2.29. The number of thiophene rings is 9. The summed E-state index contributed by atoms with van der Waals surface area (Å²) in [5, 5.41) is 4.16. The lowest BCUT2D eigenvalue weighted by molar-refractivity contribution is -0.124. The molecule has 9 aromatic rings. The topological polar surface area (TPSA) is 81.2 Å². The predicted octanol–water partition coefficient (Wildman–Crippen LogP) is 26.9. The zero-order valence-corrected chi connectivity index (χ0v) is 68.7. The van der Waals surface area contributed by atoms with Gasteiger partial charge in [-0.25, -0.2) is 0 Å². The number of unbranched alkanes of at least 4 members (excludes halogenated alkanes) is 10. The Bertz CT molecular complexity index is 4280. The molecule has 0 saturated carbocycles. The highest BCUT2D eigenvalue weighted by atomic mass is 32.1. The lowest BCUT2D eigenvalue weighted by atomic mass is 9.98. The number of nitrogens with zero attached hydrogens (tertiary/aromatic N) is 4. The van der Waals surface area contributed by atoms with Gasteiger partial charge in [-0.1, -0.05) is 197 Å². The van der Waals surface area contributed by atoms with E-state index in [0.717, 1.165) is 171 Å². The van der Waals surface area contributed by atoms with Crippen molar-refractivity contribution in [1.82, 2.24) is 19.6 Å². The standard InChI is InChI=1S/C84H104N4O4S9/c1-11-21-27-29-37-55-71(61-43-41-59(95-61)69-65-63(81(89)87(69)49-53(19-9)35-25-15-5)67(57-39-31-45-93-57)85(83(65)91)47-51(17-7)33-23-13-3)97-75-73(55)99-79-77(75)101-78-76-74(100-80(78)79)56(38-30-28-22-12-2)72(98-76)62-44-42-60(96-62)70-66-64(82(90)88(70)50-54(20-10)36-26-16-6)68(58-40-32-46-94-58)86(84(66)92)48-52(18-8)34-24-14-4/h31-32,39-46,51-54H,11-30,33-38,47-50H2,1-10H3. The molecule has 538 valence electrons. The smallest absolute Gasteiger partial charge is 0.261 e. The third-order valence-corrected chi connectivity index (χ3v) is 33.5. The van der Waals surface area contributed by atoms with Gasteiger partial charge in [-0.15, -0.1) is 102 Å². The van der Waals surface area contributed by atoms with Gasteiger partial charge in [0.05, 0.1) is 102 Å². The monoisotopic (exact) mass is 1520 g/mol. The first-order valence-corrected chi connectivity index (χ1v) is 46.2. The molecule has 0 spiro atoms. The molecule has 17 heteroatoms. The van der Waals surface area contributed by atoms with E-state index in [9.17, 15) is 0 Å². The van der Waals surface area contributed by atoms with Crippen molar-refractivity contribution in [3.63, 3.8) is 0 Å². The van der Waals surface area contributed by atoms with Gasteiger partial charge in [0.25, 0.3) is 23.6 Å². The van der Waals surface area contributed by atoms with E-state index >= 15 is 19.2 Å². The van der Waals surface area contributed by atoms with Crippen LogP contribution in [0.3, 0.4) is 0 Å². The number of hydrogen-bond donors (Lipinski definition) is 0. The van der Waals surface area contributed by atoms with Crippen molar-refractivity contribution in [3.05, 3.63) is 112 Å². The largest absolute Gasteiger partial charge is 0.306 e. The molecule has 4 aliphatic heterocycles. The fourth-order valence-corrected chi connectivity index (χ4v) is 27.9. The van der Waals surface area contributed by atoms with Crippen molar-refractivity contribution in [2.24, 2.45) is 23.7 Å². The Balaban J connectivity index is 0.912. The Hall–Kier alpha value is -4.82. The SMILES string of the molecule is CCCCCCc1c(-c2ccc(C3=C4C(=O)N(CC(CC)CCCC)C(c5cccs5)=C4C(=O)N3CC(CC)CCCC)s2)sc2c1sc1c2sc2c3sc(-c4ccc(C5=C6C(=O)N(CC(CC)CCCC)C(c7cccs7)=C6C(=O)N5CC(CC)CCCC)s4)c(CCCCCC)c3sc21. The summed E-state index contributed by atoms with van der Waals surface area (Å²) < 4.78 is 11.3. The van der Waals surface area contributed by atoms with Crippen LogP contribution in [0.5, 0.6) is 0 Å². The summed E-state index contributed by atoms with van der Waals surface area (Å²) in [5.41, 5.74) is 8.65. The third kappa shape index (κ3) is 14.4. The number of carbonyl (C=O) groups is 4. The molecule has 0 saturated heterocycles. The summed E-state index contributed by atoms with van der Waals surface area (Å²) in [5.74, 6) is 1.30. The molecule has 0 N–H and O–H groups in total. The fraction of sp³-hybridized carbons (Fsp3) is 0.524. The molecule has 0 aliphatic carbocycles. The van der Waals surface area contributed by atoms with Crippen molar-refractivity contribution >= 4 is 186 Å². The molecule has 4 unspecified atom stereocenters. The van der Waals surface area contributed by atoms with Crippen LogP contribution in [0.25, 0.3) is 79.9 Å². The maximum Gasteiger partial charge on any atom is 0.261 e. The average molecular weight is 1520 g/mol. The molecule has 4 amide bonds. The van der Waals surface area contributed by atoms with Gasteiger partial charge in [-0.05, 0) is 133 Å². The molecule has 4 atom stereocenters. The quantitative estimate of drug-likeness (QED) is 0.0358. The maximum absolute atomic E-state index is 15.5. The zero-order chi connectivity index (χ0) is 70.6. The molecule has 4 aliphatic rings. The molecule has 101 heavy (non-hydrogen) atoms. The highest BCUT2D eigenvalue weighted by Gasteiger charge is 2.52. The van der Waals surface area contributed by atoms with Crippen LogP contribution in [-0.4, -0.2) is 69.4 Å². The second kappa shape index (κ2) is 33.7. The first kappa shape index (κ1) is 74.5. The summed E-state index contributed by atoms with van der Waals surface area (Å²) in [7, 11) is 0. The Morgan fingerprint density at radius 3 is 0.871 bits per heavy atom. The van der Waals surface area contributed by atoms with Crippen molar-refractivity contribution in [2.75, 3.05) is 26.2 Å². The molecule has 0 aromatic carbocycles. The second-order valence-electron chi connectivity index (χ2n) is 28.9. The third-order valence-electron chi connectivity index (χ3n) is 22.1. The minimum atomic E-state index is -0.0130. The predicted molar refractivity (Wildman–Crippen MR) is 445 cm³/mol. The highest BCUT2D eigenvalue weighted by Crippen LogP contribution is 2.60. The van der Waals surface area contributed by atoms with E-state index < -0.39 is 0 Å². The molecule has 13 rings (SSSR count). The van der Waals surface area contributed by atoms with Crippen LogP contribution in [0.2, 0.25) is 0 Å². The van der Waals surface area contributed by atoms with Crippen molar-refractivity contribution in [2.45, 2.75) is 236 Å². The molecule has 13 heterocycles. The fourth-order valence-electron chi connectivity index (χ4n) is 16.0. The van der Waals surface area contributed by atoms with Gasteiger partial charge in [-0.3, -0.25) is 19.2 Å². The molecule has 8 nitrogen and oxygen atoms in total. The van der Waals surface area contributed by atoms with Crippen LogP contribution in [0, 0.1) is 23.7 Å². The molecule has 0 bridgehead atoms. The van der Waals surface area contributed by atoms with Gasteiger partial charge in [0.15, 0.2) is 0 Å². The number of fused-ring (bicyclic) bond motifs is 9. The Morgan fingerprint density at radius 1 is 0.297 bits per heavy atom. The van der Waals surface area contributed by atoms with E-state index in [-0.39, 0.29) is 23.6 Å². The van der Waals surface area contributed by atoms with E-state index in [1.165, 1.54) is 107 Å². The Kier molecular flexibility index (Phi) is 24.9. The Labute approximate surface area is 636 Å². The van der Waals surface area contributed by atoms with Crippen molar-refractivity contribution in [1.29, 1.82) is 0 Å². The van der Waals surface area contributed by atoms with Crippen LogP contribution >= 0.6 is 102 Å². The first-order chi connectivity index (χ1) is 49.4. The molecule has 9 aromatic heterocycles. The number of rotatable bonds is 40. The summed E-state index contributed by atoms with van der Waals surface area (Å²) in [4.78, 5) is 79.4. The van der Waals surface area contributed by atoms with Crippen LogP contribution < -0.4 is 0 Å². The number of amides is 4. The van der Waals surface area contributed by atoms with Gasteiger partial charge >= 0.3 is 0 Å². The zero-order valence-electron chi connectivity index (χ0n) is 61.4. The van der Waals surface area contributed by atoms with Gasteiger partial charge in [-0.2, -0.15) is 0 Å². The lowest BCUT2D eigenvalue weighted by Crippen LogP contribution is -2.34. The normalized spacial score (nSPS) is 16.5. The van der Waals surface area contributed by atoms with Gasteiger partial charge in [0.1, 0.15) is 0 Å². The van der Waals surface area contributed by atoms with E-state index in [1.54, 1.807) is 45.3 Å². The molecular weight excluding hydrogens is 1420 g/mol. The van der Waals surface area contributed by atoms with Gasteiger partial charge < -0.3 is 19.6 Å². The molecule has 0 fully saturated rings. The number of carbonyl (C=O) groups excluding carboxylic acids is 4. The van der Waals surface area contributed by atoms with Gasteiger partial charge in [0, 0.05) is 45.7 Å². The minimum Gasteiger partial charge on any atom is -0.306 e. The highest BCUT2D eigenvalue weighted by molar-refractivity contribution is 7.49. The van der Waals surface area contributed by atoms with Crippen LogP contribution in [0.4, 0.5) is 0 Å². The number of hydrogen-bond acceptors (Lipinski definition) is 13. The van der Waals surface area contributed by atoms with Crippen LogP contribution in [-0.2, 0) is 32.0 Å². The number of aryl methyl sites for hydroxylation is 2. The summed E-state index contributed by atoms with van der Waals surface area (Å²) in [6.07, 6.45) is 28.6. The summed E-state index contributed by atoms with van der Waals surface area (Å²) in [6.45, 7) is 25.1. The minimum absolute atomic E-state index is 0.0130.